The second kappa shape index (κ2) is 5.06. The Balaban J connectivity index is 2.56. The third-order valence-corrected chi connectivity index (χ3v) is 3.33. The molecule has 17 heavy (non-hydrogen) atoms. The summed E-state index contributed by atoms with van der Waals surface area (Å²) in [5.74, 6) is 3.48. The second-order valence-corrected chi connectivity index (χ2v) is 4.56. The van der Waals surface area contributed by atoms with Crippen LogP contribution in [-0.4, -0.2) is 0 Å². The van der Waals surface area contributed by atoms with E-state index in [1.807, 2.05) is 12.2 Å². The Morgan fingerprint density at radius 2 is 2.12 bits per heavy atom. The van der Waals surface area contributed by atoms with Crippen molar-refractivity contribution in [3.63, 3.8) is 0 Å². The van der Waals surface area contributed by atoms with E-state index in [9.17, 15) is 0 Å². The van der Waals surface area contributed by atoms with E-state index in [0.29, 0.717) is 5.92 Å². The van der Waals surface area contributed by atoms with Crippen LogP contribution in [-0.2, 0) is 12.8 Å². The largest absolute Gasteiger partial charge is 0.120 e. The first-order chi connectivity index (χ1) is 8.31. The lowest BCUT2D eigenvalue weighted by molar-refractivity contribution is 1.02. The summed E-state index contributed by atoms with van der Waals surface area (Å²) in [6, 6.07) is 4.29. The zero-order chi connectivity index (χ0) is 12.3. The van der Waals surface area contributed by atoms with Crippen molar-refractivity contribution in [3.8, 4) is 12.3 Å². The summed E-state index contributed by atoms with van der Waals surface area (Å²) < 4.78 is 0. The first-order valence-electron chi connectivity index (χ1n) is 6.13. The summed E-state index contributed by atoms with van der Waals surface area (Å²) in [5, 5.41) is 0. The van der Waals surface area contributed by atoms with E-state index >= 15 is 0 Å². The van der Waals surface area contributed by atoms with Crippen LogP contribution < -0.4 is 0 Å². The Morgan fingerprint density at radius 3 is 2.65 bits per heavy atom. The Kier molecular flexibility index (Phi) is 3.49. The van der Waals surface area contributed by atoms with Crippen LogP contribution in [0.2, 0.25) is 0 Å². The van der Waals surface area contributed by atoms with Crippen LogP contribution in [0.5, 0.6) is 0 Å². The van der Waals surface area contributed by atoms with Crippen LogP contribution in [0.1, 0.15) is 41.0 Å². The molecule has 0 aromatic heterocycles. The minimum atomic E-state index is 0.716. The van der Waals surface area contributed by atoms with Crippen molar-refractivity contribution in [1.29, 1.82) is 0 Å². The van der Waals surface area contributed by atoms with Gasteiger partial charge in [0.2, 0.25) is 0 Å². The summed E-state index contributed by atoms with van der Waals surface area (Å²) in [4.78, 5) is 0. The molecule has 1 aliphatic rings. The van der Waals surface area contributed by atoms with Gasteiger partial charge in [-0.3, -0.25) is 0 Å². The van der Waals surface area contributed by atoms with Gasteiger partial charge in [-0.25, -0.2) is 0 Å². The third-order valence-electron chi connectivity index (χ3n) is 3.33. The van der Waals surface area contributed by atoms with Gasteiger partial charge in [0.15, 0.2) is 0 Å². The van der Waals surface area contributed by atoms with E-state index in [4.69, 9.17) is 6.42 Å². The predicted octanol–water partition coefficient (Wildman–Crippen LogP) is 4.11. The van der Waals surface area contributed by atoms with Gasteiger partial charge in [0.25, 0.3) is 0 Å². The van der Waals surface area contributed by atoms with E-state index in [0.717, 1.165) is 12.8 Å². The molecule has 1 aliphatic carbocycles. The topological polar surface area (TPSA) is 0 Å². The van der Waals surface area contributed by atoms with Crippen LogP contribution in [0, 0.1) is 12.3 Å². The van der Waals surface area contributed by atoms with E-state index in [-0.39, 0.29) is 0 Å². The molecule has 0 bridgehead atoms. The zero-order valence-electron chi connectivity index (χ0n) is 10.2. The molecule has 1 aromatic carbocycles. The quantitative estimate of drug-likeness (QED) is 0.519. The lowest BCUT2D eigenvalue weighted by atomic mass is 9.89. The lowest BCUT2D eigenvalue weighted by Gasteiger charge is -2.15. The summed E-state index contributed by atoms with van der Waals surface area (Å²) in [7, 11) is 0. The Morgan fingerprint density at radius 1 is 1.35 bits per heavy atom. The highest BCUT2D eigenvalue weighted by Gasteiger charge is 2.28. The molecule has 0 atom stereocenters. The molecule has 0 spiro atoms. The van der Waals surface area contributed by atoms with Gasteiger partial charge in [0.1, 0.15) is 0 Å². The molecular weight excluding hydrogens is 204 g/mol. The molecule has 86 valence electrons. The number of terminal acetylenes is 1. The highest BCUT2D eigenvalue weighted by atomic mass is 14.3. The minimum absolute atomic E-state index is 0.716. The standard InChI is InChI=1S/C17H18/c1-4-7-14-10-9-13(6-3)16(8-5-2)17(14)15-11-12-15/h1,5-6,9-10,15H,2-3,7-8,11-12H2. The third kappa shape index (κ3) is 2.34. The van der Waals surface area contributed by atoms with Gasteiger partial charge in [-0.05, 0) is 47.4 Å². The number of hydrogen-bond acceptors (Lipinski definition) is 0. The average molecular weight is 222 g/mol. The van der Waals surface area contributed by atoms with E-state index < -0.39 is 0 Å². The number of allylic oxidation sites excluding steroid dienone is 1. The van der Waals surface area contributed by atoms with Crippen LogP contribution in [0.15, 0.2) is 31.4 Å². The first kappa shape index (κ1) is 11.7. The molecule has 1 saturated carbocycles. The maximum Gasteiger partial charge on any atom is 0.0340 e. The highest BCUT2D eigenvalue weighted by molar-refractivity contribution is 5.59. The molecule has 0 N–H and O–H groups in total. The van der Waals surface area contributed by atoms with Crippen molar-refractivity contribution in [2.45, 2.75) is 31.6 Å². The van der Waals surface area contributed by atoms with E-state index in [1.54, 1.807) is 0 Å². The fourth-order valence-corrected chi connectivity index (χ4v) is 2.44. The molecule has 0 heteroatoms. The Bertz CT molecular complexity index is 481. The summed E-state index contributed by atoms with van der Waals surface area (Å²) in [6.45, 7) is 7.75. The molecule has 1 fully saturated rings. The van der Waals surface area contributed by atoms with Gasteiger partial charge in [0.05, 0.1) is 0 Å². The number of hydrogen-bond donors (Lipinski definition) is 0. The van der Waals surface area contributed by atoms with Gasteiger partial charge >= 0.3 is 0 Å². The van der Waals surface area contributed by atoms with E-state index in [2.05, 4.69) is 31.2 Å². The predicted molar refractivity (Wildman–Crippen MR) is 74.9 cm³/mol. The molecule has 0 nitrogen and oxygen atoms in total. The molecule has 0 unspecified atom stereocenters. The summed E-state index contributed by atoms with van der Waals surface area (Å²) in [6.07, 6.45) is 13.6. The van der Waals surface area contributed by atoms with Gasteiger partial charge < -0.3 is 0 Å². The molecular formula is C17H18. The second-order valence-electron chi connectivity index (χ2n) is 4.56. The van der Waals surface area contributed by atoms with Gasteiger partial charge in [-0.15, -0.1) is 18.9 Å². The Labute approximate surface area is 104 Å². The molecule has 0 heterocycles. The molecule has 2 rings (SSSR count). The van der Waals surface area contributed by atoms with E-state index in [1.165, 1.54) is 35.1 Å². The monoisotopic (exact) mass is 222 g/mol. The normalized spacial score (nSPS) is 14.1. The number of rotatable bonds is 5. The molecule has 0 radical (unpaired) electrons. The summed E-state index contributed by atoms with van der Waals surface area (Å²) >= 11 is 0. The highest BCUT2D eigenvalue weighted by Crippen LogP contribution is 2.44. The van der Waals surface area contributed by atoms with Crippen molar-refractivity contribution < 1.29 is 0 Å². The molecule has 1 aromatic rings. The smallest absolute Gasteiger partial charge is 0.0340 e. The van der Waals surface area contributed by atoms with Gasteiger partial charge in [0, 0.05) is 6.42 Å². The maximum absolute atomic E-state index is 5.45. The fourth-order valence-electron chi connectivity index (χ4n) is 2.44. The molecule has 0 amide bonds. The average Bonchev–Trinajstić information content (AvgIpc) is 3.14. The maximum atomic E-state index is 5.45. The number of benzene rings is 1. The SMILES string of the molecule is C#CCc1ccc(C=C)c(CC=C)c1C1CC1. The minimum Gasteiger partial charge on any atom is -0.120 e. The van der Waals surface area contributed by atoms with Crippen molar-refractivity contribution in [3.05, 3.63) is 53.6 Å². The summed E-state index contributed by atoms with van der Waals surface area (Å²) in [5.41, 5.74) is 5.40. The van der Waals surface area contributed by atoms with Gasteiger partial charge in [-0.1, -0.05) is 30.9 Å². The van der Waals surface area contributed by atoms with Crippen molar-refractivity contribution in [2.75, 3.05) is 0 Å². The fraction of sp³-hybridized carbons (Fsp3) is 0.294. The van der Waals surface area contributed by atoms with Crippen LogP contribution in [0.4, 0.5) is 0 Å². The Hall–Kier alpha value is -1.74. The van der Waals surface area contributed by atoms with Crippen molar-refractivity contribution in [2.24, 2.45) is 0 Å². The van der Waals surface area contributed by atoms with Crippen LogP contribution in [0.25, 0.3) is 6.08 Å². The van der Waals surface area contributed by atoms with Crippen LogP contribution >= 0.6 is 0 Å². The van der Waals surface area contributed by atoms with Gasteiger partial charge in [-0.2, -0.15) is 0 Å². The zero-order valence-corrected chi connectivity index (χ0v) is 10.2. The first-order valence-corrected chi connectivity index (χ1v) is 6.13. The molecule has 0 aliphatic heterocycles. The van der Waals surface area contributed by atoms with Crippen molar-refractivity contribution >= 4 is 6.08 Å². The van der Waals surface area contributed by atoms with Crippen molar-refractivity contribution in [1.82, 2.24) is 0 Å². The molecule has 0 saturated heterocycles. The lowest BCUT2D eigenvalue weighted by Crippen LogP contribution is -2.00. The van der Waals surface area contributed by atoms with Crippen LogP contribution in [0.3, 0.4) is 0 Å².